The first kappa shape index (κ1) is 33.5. The van der Waals surface area contributed by atoms with Crippen LogP contribution in [0.5, 0.6) is 11.5 Å². The van der Waals surface area contributed by atoms with Crippen molar-refractivity contribution >= 4 is 30.1 Å². The third-order valence-electron chi connectivity index (χ3n) is 9.35. The van der Waals surface area contributed by atoms with E-state index in [1.165, 1.54) is 0 Å². The Balaban J connectivity index is 0.00000442. The van der Waals surface area contributed by atoms with Crippen molar-refractivity contribution in [3.05, 3.63) is 71.8 Å². The maximum Gasteiger partial charge on any atom is 0.251 e. The molecule has 2 atom stereocenters. The summed E-state index contributed by atoms with van der Waals surface area (Å²) in [6, 6.07) is 14.0. The average Bonchev–Trinajstić information content (AvgIpc) is 3.04. The fourth-order valence-electron chi connectivity index (χ4n) is 6.75. The summed E-state index contributed by atoms with van der Waals surface area (Å²) in [5.41, 5.74) is 0.801. The summed E-state index contributed by atoms with van der Waals surface area (Å²) in [5.74, 6) is 0.963. The van der Waals surface area contributed by atoms with Gasteiger partial charge < -0.3 is 25.4 Å². The summed E-state index contributed by atoms with van der Waals surface area (Å²) in [6.45, 7) is 4.37. The van der Waals surface area contributed by atoms with Crippen molar-refractivity contribution in [3.63, 3.8) is 0 Å². The van der Waals surface area contributed by atoms with E-state index in [9.17, 15) is 19.5 Å². The zero-order valence-electron chi connectivity index (χ0n) is 25.7. The highest BCUT2D eigenvalue weighted by molar-refractivity contribution is 6.00. The number of carbonyl (C=O) groups excluding carboxylic acids is 3. The molecule has 0 aromatic heterocycles. The van der Waals surface area contributed by atoms with Crippen molar-refractivity contribution in [1.29, 1.82) is 0 Å². The van der Waals surface area contributed by atoms with E-state index in [-0.39, 0.29) is 36.0 Å². The van der Waals surface area contributed by atoms with Crippen molar-refractivity contribution < 1.29 is 24.2 Å². The Morgan fingerprint density at radius 2 is 1.66 bits per heavy atom. The van der Waals surface area contributed by atoms with Crippen molar-refractivity contribution in [2.45, 2.75) is 76.1 Å². The molecule has 1 saturated carbocycles. The number of benzene rings is 2. The Morgan fingerprint density at radius 1 is 1.05 bits per heavy atom. The number of aliphatic hydroxyl groups is 1. The number of piperidine rings is 1. The number of nitrogens with zero attached hydrogens (tertiary/aromatic N) is 2. The molecule has 3 N–H and O–H groups in total. The number of rotatable bonds is 9. The van der Waals surface area contributed by atoms with Crippen LogP contribution in [0.4, 0.5) is 0 Å². The lowest BCUT2D eigenvalue weighted by molar-refractivity contribution is -0.164. The van der Waals surface area contributed by atoms with Gasteiger partial charge in [0.05, 0.1) is 6.10 Å². The maximum absolute atomic E-state index is 13.8. The minimum absolute atomic E-state index is 0. The lowest BCUT2D eigenvalue weighted by Gasteiger charge is -2.52. The van der Waals surface area contributed by atoms with E-state index >= 15 is 0 Å². The van der Waals surface area contributed by atoms with E-state index < -0.39 is 17.7 Å². The molecule has 2 aliphatic heterocycles. The number of likely N-dealkylation sites (tertiary alicyclic amines) is 1. The molecule has 2 aromatic rings. The predicted molar refractivity (Wildman–Crippen MR) is 172 cm³/mol. The first-order chi connectivity index (χ1) is 20.8. The number of piperazine rings is 1. The number of carbonyl (C=O) groups is 3. The first-order valence-electron chi connectivity index (χ1n) is 15.6. The van der Waals surface area contributed by atoms with Gasteiger partial charge in [-0.05, 0) is 80.5 Å². The molecule has 0 unspecified atom stereocenters. The molecule has 3 aliphatic rings. The van der Waals surface area contributed by atoms with Gasteiger partial charge in [0.1, 0.15) is 23.1 Å². The molecule has 3 fully saturated rings. The van der Waals surface area contributed by atoms with Gasteiger partial charge in [0.25, 0.3) is 5.91 Å². The number of hydrogen-bond acceptors (Lipinski definition) is 6. The van der Waals surface area contributed by atoms with Crippen LogP contribution in [0.1, 0.15) is 67.8 Å². The number of halogens is 1. The van der Waals surface area contributed by atoms with Gasteiger partial charge in [-0.15, -0.1) is 12.4 Å². The minimum atomic E-state index is -0.902. The van der Waals surface area contributed by atoms with Crippen molar-refractivity contribution in [2.24, 2.45) is 5.92 Å². The molecule has 1 aliphatic carbocycles. The molecule has 44 heavy (non-hydrogen) atoms. The monoisotopic (exact) mass is 624 g/mol. The minimum Gasteiger partial charge on any atom is -0.457 e. The summed E-state index contributed by atoms with van der Waals surface area (Å²) < 4.78 is 5.95. The highest BCUT2D eigenvalue weighted by atomic mass is 35.5. The van der Waals surface area contributed by atoms with Crippen LogP contribution in [0.25, 0.3) is 0 Å². The Bertz CT molecular complexity index is 1300. The van der Waals surface area contributed by atoms with E-state index in [0.717, 1.165) is 44.2 Å². The van der Waals surface area contributed by atoms with Gasteiger partial charge in [0.2, 0.25) is 11.8 Å². The van der Waals surface area contributed by atoms with Gasteiger partial charge in [-0.25, -0.2) is 0 Å². The lowest BCUT2D eigenvalue weighted by atomic mass is 9.78. The summed E-state index contributed by atoms with van der Waals surface area (Å²) in [5, 5.41) is 16.7. The number of amides is 3. The van der Waals surface area contributed by atoms with Gasteiger partial charge in [0, 0.05) is 38.8 Å². The fourth-order valence-corrected chi connectivity index (χ4v) is 6.75. The predicted octanol–water partition coefficient (Wildman–Crippen LogP) is 4.44. The molecular formula is C34H45ClN4O5. The van der Waals surface area contributed by atoms with Crippen molar-refractivity contribution in [3.8, 4) is 11.5 Å². The topological polar surface area (TPSA) is 111 Å². The van der Waals surface area contributed by atoms with Crippen LogP contribution < -0.4 is 15.4 Å². The number of hydrogen-bond donors (Lipinski definition) is 3. The number of aliphatic hydroxyl groups excluding tert-OH is 1. The lowest BCUT2D eigenvalue weighted by Crippen LogP contribution is -2.74. The van der Waals surface area contributed by atoms with Gasteiger partial charge >= 0.3 is 0 Å². The smallest absolute Gasteiger partial charge is 0.251 e. The third-order valence-corrected chi connectivity index (χ3v) is 9.35. The fraction of sp³-hybridized carbons (Fsp3) is 0.500. The van der Waals surface area contributed by atoms with Gasteiger partial charge in [0.15, 0.2) is 0 Å². The molecule has 2 aromatic carbocycles. The summed E-state index contributed by atoms with van der Waals surface area (Å²) in [4.78, 5) is 43.3. The van der Waals surface area contributed by atoms with Crippen LogP contribution in [0, 0.1) is 5.92 Å². The maximum atomic E-state index is 13.8. The first-order valence-corrected chi connectivity index (χ1v) is 15.6. The Hall–Kier alpha value is -3.40. The molecule has 3 amide bonds. The van der Waals surface area contributed by atoms with Crippen LogP contribution >= 0.6 is 12.4 Å². The number of ether oxygens (including phenoxy) is 1. The van der Waals surface area contributed by atoms with Crippen molar-refractivity contribution in [2.75, 3.05) is 26.7 Å². The van der Waals surface area contributed by atoms with Crippen molar-refractivity contribution in [1.82, 2.24) is 20.4 Å². The highest BCUT2D eigenvalue weighted by Crippen LogP contribution is 2.36. The van der Waals surface area contributed by atoms with Crippen LogP contribution in [-0.2, 0) is 16.1 Å². The SMILES string of the molecule is C/C=C/CN1C(=O)[C@@H]([C@H](O)C2CCCCC2)NC(=O)C12CCN(Cc1ccc(Oc3ccc(C(=O)NC)cc3)cc1)CC2.Cl. The molecule has 2 heterocycles. The molecule has 9 nitrogen and oxygen atoms in total. The molecule has 0 bridgehead atoms. The summed E-state index contributed by atoms with van der Waals surface area (Å²) >= 11 is 0. The zero-order valence-corrected chi connectivity index (χ0v) is 26.5. The molecule has 2 saturated heterocycles. The summed E-state index contributed by atoms with van der Waals surface area (Å²) in [7, 11) is 1.60. The van der Waals surface area contributed by atoms with Crippen LogP contribution in [0.2, 0.25) is 0 Å². The molecule has 1 spiro atoms. The van der Waals surface area contributed by atoms with E-state index in [1.54, 1.807) is 36.2 Å². The Labute approximate surface area is 266 Å². The highest BCUT2D eigenvalue weighted by Gasteiger charge is 2.55. The number of allylic oxidation sites excluding steroid dienone is 1. The normalized spacial score (nSPS) is 21.5. The Kier molecular flexibility index (Phi) is 11.5. The second kappa shape index (κ2) is 15.1. The number of nitrogens with one attached hydrogen (secondary N) is 2. The zero-order chi connectivity index (χ0) is 30.4. The molecule has 0 radical (unpaired) electrons. The van der Waals surface area contributed by atoms with Crippen LogP contribution in [0.3, 0.4) is 0 Å². The van der Waals surface area contributed by atoms with Gasteiger partial charge in [-0.2, -0.15) is 0 Å². The second-order valence-electron chi connectivity index (χ2n) is 12.0. The van der Waals surface area contributed by atoms with E-state index in [1.807, 2.05) is 43.3 Å². The van der Waals surface area contributed by atoms with E-state index in [0.29, 0.717) is 49.5 Å². The van der Waals surface area contributed by atoms with Gasteiger partial charge in [-0.1, -0.05) is 43.5 Å². The molecule has 238 valence electrons. The quantitative estimate of drug-likeness (QED) is 0.356. The largest absolute Gasteiger partial charge is 0.457 e. The van der Waals surface area contributed by atoms with Crippen LogP contribution in [0.15, 0.2) is 60.7 Å². The standard InChI is InChI=1S/C34H44N4O5.ClH/c1-3-4-20-38-32(41)29(30(39)25-8-6-5-7-9-25)36-33(42)34(38)18-21-37(22-19-34)23-24-10-14-27(15-11-24)43-28-16-12-26(13-17-28)31(40)35-2;/h3-4,10-17,25,29-30,39H,5-9,18-23H2,1-2H3,(H,35,40)(H,36,42);1H/b4-3+;/t29-,30-;/m1./s1. The average molecular weight is 625 g/mol. The second-order valence-corrected chi connectivity index (χ2v) is 12.0. The van der Waals surface area contributed by atoms with E-state index in [4.69, 9.17) is 4.74 Å². The van der Waals surface area contributed by atoms with Gasteiger partial charge in [-0.3, -0.25) is 19.3 Å². The summed E-state index contributed by atoms with van der Waals surface area (Å²) in [6.07, 6.45) is 9.14. The molecule has 5 rings (SSSR count). The van der Waals surface area contributed by atoms with E-state index in [2.05, 4.69) is 15.5 Å². The molecular weight excluding hydrogens is 580 g/mol. The molecule has 10 heteroatoms. The third kappa shape index (κ3) is 7.28. The Morgan fingerprint density at radius 3 is 2.25 bits per heavy atom. The van der Waals surface area contributed by atoms with Crippen LogP contribution in [-0.4, -0.2) is 77.0 Å².